The summed E-state index contributed by atoms with van der Waals surface area (Å²) in [6, 6.07) is 7.83. The molecule has 0 aliphatic carbocycles. The molecule has 1 aliphatic heterocycles. The van der Waals surface area contributed by atoms with E-state index in [1.165, 1.54) is 0 Å². The van der Waals surface area contributed by atoms with Gasteiger partial charge in [0.25, 0.3) is 11.8 Å². The number of benzene rings is 1. The molecule has 0 bridgehead atoms. The summed E-state index contributed by atoms with van der Waals surface area (Å²) < 4.78 is 0. The maximum Gasteiger partial charge on any atom is 0.333 e. The Labute approximate surface area is 143 Å². The number of hydrogen-bond acceptors (Lipinski definition) is 5. The van der Waals surface area contributed by atoms with E-state index >= 15 is 0 Å². The Balaban J connectivity index is 2.28. The van der Waals surface area contributed by atoms with Crippen molar-refractivity contribution in [3.63, 3.8) is 0 Å². The van der Waals surface area contributed by atoms with Gasteiger partial charge < -0.3 is 10.4 Å². The van der Waals surface area contributed by atoms with Crippen LogP contribution in [-0.2, 0) is 25.7 Å². The number of carboxylic acids is 1. The van der Waals surface area contributed by atoms with Crippen LogP contribution >= 0.6 is 0 Å². The molecule has 1 fully saturated rings. The molecule has 2 N–H and O–H groups in total. The van der Waals surface area contributed by atoms with Gasteiger partial charge in [0.1, 0.15) is 6.54 Å². The summed E-state index contributed by atoms with van der Waals surface area (Å²) in [5, 5.41) is 10.6. The molecular formula is C16H17N3O6. The molecule has 0 radical (unpaired) electrons. The maximum atomic E-state index is 12.5. The zero-order chi connectivity index (χ0) is 18.6. The van der Waals surface area contributed by atoms with Gasteiger partial charge in [-0.15, -0.1) is 0 Å². The number of aliphatic carboxylic acids is 1. The molecule has 2 rings (SSSR count). The predicted molar refractivity (Wildman–Crippen MR) is 83.9 cm³/mol. The fourth-order valence-electron chi connectivity index (χ4n) is 2.44. The lowest BCUT2D eigenvalue weighted by atomic mass is 10.0. The average molecular weight is 347 g/mol. The van der Waals surface area contributed by atoms with E-state index in [1.54, 1.807) is 37.3 Å². The minimum atomic E-state index is -1.78. The largest absolute Gasteiger partial charge is 0.480 e. The van der Waals surface area contributed by atoms with Crippen molar-refractivity contribution in [1.82, 2.24) is 15.1 Å². The number of urea groups is 1. The van der Waals surface area contributed by atoms with Crippen LogP contribution in [0.1, 0.15) is 12.5 Å². The van der Waals surface area contributed by atoms with Crippen molar-refractivity contribution in [2.24, 2.45) is 5.92 Å². The molecule has 1 aliphatic rings. The number of carbonyl (C=O) groups is 5. The Morgan fingerprint density at radius 1 is 1.08 bits per heavy atom. The predicted octanol–water partition coefficient (Wildman–Crippen LogP) is -0.186. The number of imide groups is 2. The first-order valence-electron chi connectivity index (χ1n) is 7.57. The summed E-state index contributed by atoms with van der Waals surface area (Å²) in [5.41, 5.74) is 0.652. The Hall–Kier alpha value is -3.23. The van der Waals surface area contributed by atoms with Gasteiger partial charge in [0, 0.05) is 6.54 Å². The van der Waals surface area contributed by atoms with Crippen LogP contribution < -0.4 is 5.32 Å². The zero-order valence-electron chi connectivity index (χ0n) is 13.5. The zero-order valence-corrected chi connectivity index (χ0v) is 13.5. The third-order valence-electron chi connectivity index (χ3n) is 3.66. The number of nitrogens with zero attached hydrogens (tertiary/aromatic N) is 2. The van der Waals surface area contributed by atoms with Gasteiger partial charge in [0.15, 0.2) is 5.92 Å². The molecule has 1 atom stereocenters. The van der Waals surface area contributed by atoms with E-state index in [9.17, 15) is 24.0 Å². The summed E-state index contributed by atoms with van der Waals surface area (Å²) in [7, 11) is 0. The molecular weight excluding hydrogens is 330 g/mol. The van der Waals surface area contributed by atoms with Crippen LogP contribution in [0, 0.1) is 5.92 Å². The van der Waals surface area contributed by atoms with Gasteiger partial charge in [-0.3, -0.25) is 29.0 Å². The molecule has 1 saturated heterocycles. The van der Waals surface area contributed by atoms with Crippen molar-refractivity contribution in [1.29, 1.82) is 0 Å². The molecule has 1 aromatic rings. The van der Waals surface area contributed by atoms with Crippen molar-refractivity contribution >= 4 is 29.7 Å². The lowest BCUT2D eigenvalue weighted by Gasteiger charge is -2.35. The van der Waals surface area contributed by atoms with Crippen molar-refractivity contribution in [2.75, 3.05) is 13.1 Å². The van der Waals surface area contributed by atoms with E-state index in [1.807, 2.05) is 5.32 Å². The lowest BCUT2D eigenvalue weighted by Crippen LogP contribution is -2.62. The molecule has 5 amide bonds. The smallest absolute Gasteiger partial charge is 0.333 e. The second kappa shape index (κ2) is 7.56. The molecule has 1 heterocycles. The Morgan fingerprint density at radius 2 is 1.68 bits per heavy atom. The minimum absolute atomic E-state index is 0.0149. The van der Waals surface area contributed by atoms with E-state index in [2.05, 4.69) is 0 Å². The molecule has 9 nitrogen and oxygen atoms in total. The van der Waals surface area contributed by atoms with Crippen LogP contribution in [0.15, 0.2) is 30.3 Å². The number of rotatable bonds is 6. The van der Waals surface area contributed by atoms with Gasteiger partial charge >= 0.3 is 12.0 Å². The van der Waals surface area contributed by atoms with Gasteiger partial charge in [-0.05, 0) is 12.5 Å². The minimum Gasteiger partial charge on any atom is -0.480 e. The molecule has 9 heteroatoms. The summed E-state index contributed by atoms with van der Waals surface area (Å²) >= 11 is 0. The lowest BCUT2D eigenvalue weighted by molar-refractivity contribution is -0.155. The first-order chi connectivity index (χ1) is 11.9. The van der Waals surface area contributed by atoms with Crippen molar-refractivity contribution in [3.8, 4) is 0 Å². The molecule has 132 valence electrons. The number of carboxylic acid groups (broad SMARTS) is 1. The summed E-state index contributed by atoms with van der Waals surface area (Å²) in [6.07, 6.45) is 0. The first kappa shape index (κ1) is 18.1. The highest BCUT2D eigenvalue weighted by Crippen LogP contribution is 2.20. The molecule has 25 heavy (non-hydrogen) atoms. The highest BCUT2D eigenvalue weighted by atomic mass is 16.4. The van der Waals surface area contributed by atoms with E-state index < -0.39 is 42.2 Å². The van der Waals surface area contributed by atoms with Gasteiger partial charge in [-0.25, -0.2) is 4.79 Å². The highest BCUT2D eigenvalue weighted by Gasteiger charge is 2.48. The fourth-order valence-corrected chi connectivity index (χ4v) is 2.44. The number of hydrogen-bond donors (Lipinski definition) is 2. The normalized spacial score (nSPS) is 17.6. The molecule has 0 saturated carbocycles. The van der Waals surface area contributed by atoms with Gasteiger partial charge in [0.05, 0.1) is 6.54 Å². The Kier molecular flexibility index (Phi) is 5.48. The first-order valence-corrected chi connectivity index (χ1v) is 7.57. The number of barbiturate groups is 1. The van der Waals surface area contributed by atoms with Gasteiger partial charge in [-0.1, -0.05) is 30.3 Å². The van der Waals surface area contributed by atoms with E-state index in [0.29, 0.717) is 5.56 Å². The SMILES string of the molecule is CCN1C(=O)C(C(=O)NCC(=O)O)C(=O)N(Cc2ccccc2)C1=O. The fraction of sp³-hybridized carbons (Fsp3) is 0.312. The average Bonchev–Trinajstić information content (AvgIpc) is 2.58. The Bertz CT molecular complexity index is 718. The molecule has 1 unspecified atom stereocenters. The van der Waals surface area contributed by atoms with E-state index in [-0.39, 0.29) is 13.1 Å². The number of amides is 5. The number of nitrogens with one attached hydrogen (secondary N) is 1. The topological polar surface area (TPSA) is 124 Å². The van der Waals surface area contributed by atoms with Crippen LogP contribution in [0.5, 0.6) is 0 Å². The third kappa shape index (κ3) is 3.82. The van der Waals surface area contributed by atoms with Crippen molar-refractivity contribution in [3.05, 3.63) is 35.9 Å². The molecule has 1 aromatic carbocycles. The second-order valence-electron chi connectivity index (χ2n) is 5.32. The van der Waals surface area contributed by atoms with Gasteiger partial charge in [-0.2, -0.15) is 0 Å². The van der Waals surface area contributed by atoms with Crippen molar-refractivity contribution < 1.29 is 29.1 Å². The Morgan fingerprint density at radius 3 is 2.24 bits per heavy atom. The summed E-state index contributed by atoms with van der Waals surface area (Å²) in [6.45, 7) is 0.705. The van der Waals surface area contributed by atoms with Gasteiger partial charge in [0.2, 0.25) is 5.91 Å². The van der Waals surface area contributed by atoms with E-state index in [4.69, 9.17) is 5.11 Å². The van der Waals surface area contributed by atoms with Crippen LogP contribution in [0.4, 0.5) is 4.79 Å². The third-order valence-corrected chi connectivity index (χ3v) is 3.66. The quantitative estimate of drug-likeness (QED) is 0.688. The molecule has 0 aromatic heterocycles. The highest BCUT2D eigenvalue weighted by molar-refractivity contribution is 6.26. The van der Waals surface area contributed by atoms with Crippen LogP contribution in [-0.4, -0.2) is 57.7 Å². The summed E-state index contributed by atoms with van der Waals surface area (Å²) in [5.74, 6) is -6.05. The van der Waals surface area contributed by atoms with Crippen molar-refractivity contribution in [2.45, 2.75) is 13.5 Å². The second-order valence-corrected chi connectivity index (χ2v) is 5.32. The van der Waals surface area contributed by atoms with Crippen LogP contribution in [0.25, 0.3) is 0 Å². The molecule has 0 spiro atoms. The monoisotopic (exact) mass is 347 g/mol. The van der Waals surface area contributed by atoms with Crippen LogP contribution in [0.3, 0.4) is 0 Å². The maximum absolute atomic E-state index is 12.5. The van der Waals surface area contributed by atoms with Crippen LogP contribution in [0.2, 0.25) is 0 Å². The standard InChI is InChI=1S/C16H17N3O6/c1-2-18-14(23)12(13(22)17-8-11(20)21)15(24)19(16(18)25)9-10-6-4-3-5-7-10/h3-7,12H,2,8-9H2,1H3,(H,17,22)(H,20,21). The van der Waals surface area contributed by atoms with E-state index in [0.717, 1.165) is 9.80 Å². The summed E-state index contributed by atoms with van der Waals surface area (Å²) in [4.78, 5) is 61.6. The number of carbonyl (C=O) groups excluding carboxylic acids is 4.